The quantitative estimate of drug-likeness (QED) is 0.797. The van der Waals surface area contributed by atoms with Gasteiger partial charge in [-0.25, -0.2) is 0 Å². The molecule has 3 rings (SSSR count). The van der Waals surface area contributed by atoms with Gasteiger partial charge < -0.3 is 9.32 Å². The summed E-state index contributed by atoms with van der Waals surface area (Å²) in [4.78, 5) is 16.8. The van der Waals surface area contributed by atoms with Gasteiger partial charge in [0.15, 0.2) is 0 Å². The number of thioether (sulfide) groups is 1. The predicted molar refractivity (Wildman–Crippen MR) is 82.2 cm³/mol. The molecule has 0 bridgehead atoms. The van der Waals surface area contributed by atoms with Crippen molar-refractivity contribution >= 4 is 29.0 Å². The lowest BCUT2D eigenvalue weighted by atomic mass is 10.2. The molecule has 1 saturated heterocycles. The molecule has 20 heavy (non-hydrogen) atoms. The molecule has 1 atom stereocenters. The minimum atomic E-state index is 0.228. The molecule has 2 aromatic rings. The van der Waals surface area contributed by atoms with Gasteiger partial charge >= 0.3 is 0 Å². The van der Waals surface area contributed by atoms with E-state index < -0.39 is 0 Å². The molecule has 3 nitrogen and oxygen atoms in total. The number of carbonyl (C=O) groups is 1. The number of thiophene rings is 1. The zero-order valence-corrected chi connectivity index (χ0v) is 13.0. The molecule has 0 unspecified atom stereocenters. The molecule has 1 aliphatic heterocycles. The highest BCUT2D eigenvalue weighted by Crippen LogP contribution is 2.35. The highest BCUT2D eigenvalue weighted by Gasteiger charge is 2.30. The molecule has 0 radical (unpaired) electrons. The van der Waals surface area contributed by atoms with Gasteiger partial charge in [-0.1, -0.05) is 6.07 Å². The van der Waals surface area contributed by atoms with Crippen LogP contribution in [0.4, 0.5) is 0 Å². The second kappa shape index (κ2) is 6.06. The predicted octanol–water partition coefficient (Wildman–Crippen LogP) is 4.11. The summed E-state index contributed by atoms with van der Waals surface area (Å²) >= 11 is 3.31. The molecule has 0 spiro atoms. The van der Waals surface area contributed by atoms with Crippen LogP contribution in [0.5, 0.6) is 0 Å². The first-order valence-corrected chi connectivity index (χ1v) is 8.62. The molecule has 2 aromatic heterocycles. The van der Waals surface area contributed by atoms with E-state index >= 15 is 0 Å². The van der Waals surface area contributed by atoms with Crippen LogP contribution in [0.15, 0.2) is 39.2 Å². The molecular weight excluding hydrogens is 290 g/mol. The Kier molecular flexibility index (Phi) is 4.17. The van der Waals surface area contributed by atoms with E-state index in [4.69, 9.17) is 4.42 Å². The minimum absolute atomic E-state index is 0.228. The van der Waals surface area contributed by atoms with Crippen molar-refractivity contribution in [1.29, 1.82) is 0 Å². The zero-order valence-electron chi connectivity index (χ0n) is 11.4. The maximum absolute atomic E-state index is 12.4. The molecule has 0 aromatic carbocycles. The smallest absolute Gasteiger partial charge is 0.233 e. The second-order valence-corrected chi connectivity index (χ2v) is 6.89. The molecule has 0 saturated carbocycles. The monoisotopic (exact) mass is 307 g/mol. The zero-order chi connectivity index (χ0) is 13.9. The van der Waals surface area contributed by atoms with Crippen LogP contribution in [0.25, 0.3) is 0 Å². The Labute approximate surface area is 127 Å². The second-order valence-electron chi connectivity index (χ2n) is 4.89. The summed E-state index contributed by atoms with van der Waals surface area (Å²) in [6, 6.07) is 6.40. The van der Waals surface area contributed by atoms with Crippen LogP contribution in [0, 0.1) is 6.92 Å². The first-order chi connectivity index (χ1) is 9.75. The van der Waals surface area contributed by atoms with Gasteiger partial charge in [-0.05, 0) is 37.3 Å². The van der Waals surface area contributed by atoms with E-state index in [0.717, 1.165) is 30.0 Å². The molecule has 1 amide bonds. The van der Waals surface area contributed by atoms with Gasteiger partial charge in [-0.3, -0.25) is 4.79 Å². The normalized spacial score (nSPS) is 18.6. The number of carbonyl (C=O) groups excluding carboxylic acids is 1. The minimum Gasteiger partial charge on any atom is -0.468 e. The van der Waals surface area contributed by atoms with E-state index in [9.17, 15) is 4.79 Å². The highest BCUT2D eigenvalue weighted by molar-refractivity contribution is 8.00. The van der Waals surface area contributed by atoms with Crippen molar-refractivity contribution in [3.05, 3.63) is 40.5 Å². The van der Waals surface area contributed by atoms with Crippen molar-refractivity contribution < 1.29 is 9.21 Å². The van der Waals surface area contributed by atoms with Crippen LogP contribution < -0.4 is 0 Å². The van der Waals surface area contributed by atoms with Crippen LogP contribution >= 0.6 is 23.1 Å². The summed E-state index contributed by atoms with van der Waals surface area (Å²) in [7, 11) is 0. The number of hydrogen-bond acceptors (Lipinski definition) is 4. The van der Waals surface area contributed by atoms with E-state index in [1.54, 1.807) is 29.4 Å². The van der Waals surface area contributed by atoms with Gasteiger partial charge in [0.2, 0.25) is 5.91 Å². The average Bonchev–Trinajstić information content (AvgIpc) is 3.17. The summed E-state index contributed by atoms with van der Waals surface area (Å²) in [5.74, 6) is 1.60. The van der Waals surface area contributed by atoms with Gasteiger partial charge in [0.25, 0.3) is 0 Å². The Morgan fingerprint density at radius 2 is 2.45 bits per heavy atom. The molecule has 0 N–H and O–H groups in total. The molecule has 5 heteroatoms. The first kappa shape index (κ1) is 13.8. The van der Waals surface area contributed by atoms with Crippen LogP contribution in [0.2, 0.25) is 0 Å². The molecule has 1 aliphatic rings. The molecular formula is C15H17NO2S2. The van der Waals surface area contributed by atoms with Gasteiger partial charge in [0.05, 0.1) is 18.1 Å². The Morgan fingerprint density at radius 3 is 3.15 bits per heavy atom. The fourth-order valence-electron chi connectivity index (χ4n) is 2.59. The van der Waals surface area contributed by atoms with E-state index in [-0.39, 0.29) is 11.9 Å². The lowest BCUT2D eigenvalue weighted by molar-refractivity contribution is -0.129. The number of rotatable bonds is 4. The molecule has 106 valence electrons. The number of furan rings is 1. The topological polar surface area (TPSA) is 33.5 Å². The maximum atomic E-state index is 12.4. The average molecular weight is 307 g/mol. The third-order valence-corrected chi connectivity index (χ3v) is 5.71. The Hall–Kier alpha value is -1.20. The molecule has 1 fully saturated rings. The fraction of sp³-hybridized carbons (Fsp3) is 0.400. The van der Waals surface area contributed by atoms with Crippen molar-refractivity contribution in [2.24, 2.45) is 0 Å². The van der Waals surface area contributed by atoms with Crippen LogP contribution in [-0.4, -0.2) is 23.1 Å². The van der Waals surface area contributed by atoms with Gasteiger partial charge in [-0.2, -0.15) is 0 Å². The van der Waals surface area contributed by atoms with Gasteiger partial charge in [0, 0.05) is 16.3 Å². The Balaban J connectivity index is 1.63. The van der Waals surface area contributed by atoms with Crippen LogP contribution in [-0.2, 0) is 4.79 Å². The number of aryl methyl sites for hydroxylation is 1. The lowest BCUT2D eigenvalue weighted by Gasteiger charge is -2.23. The van der Waals surface area contributed by atoms with Crippen molar-refractivity contribution in [3.63, 3.8) is 0 Å². The summed E-state index contributed by atoms with van der Waals surface area (Å²) < 4.78 is 5.26. The maximum Gasteiger partial charge on any atom is 0.233 e. The fourth-order valence-corrected chi connectivity index (χ4v) is 4.31. The summed E-state index contributed by atoms with van der Waals surface area (Å²) in [5.41, 5.74) is 0. The van der Waals surface area contributed by atoms with Gasteiger partial charge in [0.1, 0.15) is 5.76 Å². The van der Waals surface area contributed by atoms with Crippen LogP contribution in [0.3, 0.4) is 0 Å². The third kappa shape index (κ3) is 2.79. The summed E-state index contributed by atoms with van der Waals surface area (Å²) in [6.07, 6.45) is 3.86. The largest absolute Gasteiger partial charge is 0.468 e. The van der Waals surface area contributed by atoms with Gasteiger partial charge in [-0.15, -0.1) is 23.1 Å². The van der Waals surface area contributed by atoms with E-state index in [1.165, 1.54) is 4.88 Å². The number of hydrogen-bond donors (Lipinski definition) is 0. The summed E-state index contributed by atoms with van der Waals surface area (Å²) in [6.45, 7) is 2.81. The van der Waals surface area contributed by atoms with Crippen molar-refractivity contribution in [2.45, 2.75) is 30.7 Å². The van der Waals surface area contributed by atoms with Crippen LogP contribution in [0.1, 0.15) is 29.5 Å². The Morgan fingerprint density at radius 1 is 1.55 bits per heavy atom. The van der Waals surface area contributed by atoms with Crippen molar-refractivity contribution in [1.82, 2.24) is 4.90 Å². The van der Waals surface area contributed by atoms with E-state index in [2.05, 4.69) is 17.5 Å². The molecule has 0 aliphatic carbocycles. The van der Waals surface area contributed by atoms with E-state index in [0.29, 0.717) is 5.75 Å². The number of amides is 1. The number of likely N-dealkylation sites (tertiary alicyclic amines) is 1. The van der Waals surface area contributed by atoms with Crippen molar-refractivity contribution in [3.8, 4) is 0 Å². The SMILES string of the molecule is Cc1occc1SCC(=O)N1CCC[C@H]1c1cccs1. The van der Waals surface area contributed by atoms with E-state index in [1.807, 2.05) is 17.9 Å². The standard InChI is InChI=1S/C15H17NO2S2/c1-11-13(6-8-18-11)20-10-15(17)16-7-2-4-12(16)14-5-3-9-19-14/h3,5-6,8-9,12H,2,4,7,10H2,1H3/t12-/m0/s1. The first-order valence-electron chi connectivity index (χ1n) is 6.75. The third-order valence-electron chi connectivity index (χ3n) is 3.61. The Bertz CT molecular complexity index is 576. The summed E-state index contributed by atoms with van der Waals surface area (Å²) in [5, 5.41) is 2.08. The molecule has 3 heterocycles. The van der Waals surface area contributed by atoms with Crippen molar-refractivity contribution in [2.75, 3.05) is 12.3 Å². The number of nitrogens with zero attached hydrogens (tertiary/aromatic N) is 1. The lowest BCUT2D eigenvalue weighted by Crippen LogP contribution is -2.31. The highest BCUT2D eigenvalue weighted by atomic mass is 32.2.